The van der Waals surface area contributed by atoms with Crippen LogP contribution in [0.4, 0.5) is 5.69 Å². The van der Waals surface area contributed by atoms with Gasteiger partial charge in [0.15, 0.2) is 5.75 Å². The first-order valence-electron chi connectivity index (χ1n) is 4.91. The molecule has 1 rings (SSSR count). The van der Waals surface area contributed by atoms with Gasteiger partial charge in [0.25, 0.3) is 0 Å². The number of nitro benzene ring substituents is 1. The summed E-state index contributed by atoms with van der Waals surface area (Å²) in [5, 5.41) is 39.1. The van der Waals surface area contributed by atoms with Crippen LogP contribution in [-0.4, -0.2) is 32.1 Å². The number of rotatable bonds is 5. The van der Waals surface area contributed by atoms with Crippen molar-refractivity contribution in [1.82, 2.24) is 0 Å². The number of hydrogen-bond acceptors (Lipinski definition) is 6. The molecular weight excluding hydrogens is 246 g/mol. The number of thiol groups is 1. The van der Waals surface area contributed by atoms with Gasteiger partial charge in [-0.05, 0) is 23.8 Å². The molecule has 2 atom stereocenters. The van der Waals surface area contributed by atoms with Gasteiger partial charge >= 0.3 is 5.69 Å². The minimum Gasteiger partial charge on any atom is -0.502 e. The van der Waals surface area contributed by atoms with Crippen LogP contribution in [0.25, 0.3) is 0 Å². The second kappa shape index (κ2) is 5.85. The zero-order chi connectivity index (χ0) is 13.0. The molecule has 6 nitrogen and oxygen atoms in total. The number of phenolic OH excluding ortho intramolecular Hbond substituents is 1. The largest absolute Gasteiger partial charge is 0.502 e. The van der Waals surface area contributed by atoms with Gasteiger partial charge in [-0.25, -0.2) is 0 Å². The van der Waals surface area contributed by atoms with Gasteiger partial charge in [-0.1, -0.05) is 6.07 Å². The molecule has 3 N–H and O–H groups in total. The van der Waals surface area contributed by atoms with Crippen molar-refractivity contribution in [3.8, 4) is 5.75 Å². The molecule has 0 spiro atoms. The van der Waals surface area contributed by atoms with Crippen molar-refractivity contribution >= 4 is 18.3 Å². The number of aromatic hydroxyl groups is 1. The lowest BCUT2D eigenvalue weighted by Crippen LogP contribution is -2.18. The lowest BCUT2D eigenvalue weighted by atomic mass is 10.0. The van der Waals surface area contributed by atoms with Crippen molar-refractivity contribution in [3.63, 3.8) is 0 Å². The highest BCUT2D eigenvalue weighted by molar-refractivity contribution is 7.80. The van der Waals surface area contributed by atoms with Gasteiger partial charge in [0.2, 0.25) is 0 Å². The van der Waals surface area contributed by atoms with E-state index in [0.717, 1.165) is 12.1 Å². The zero-order valence-corrected chi connectivity index (χ0v) is 9.75. The Morgan fingerprint density at radius 1 is 1.41 bits per heavy atom. The average molecular weight is 259 g/mol. The summed E-state index contributed by atoms with van der Waals surface area (Å²) in [4.78, 5) is 9.83. The minimum absolute atomic E-state index is 0.184. The number of nitrogens with zero attached hydrogens (tertiary/aromatic N) is 1. The highest BCUT2D eigenvalue weighted by Gasteiger charge is 2.21. The first-order chi connectivity index (χ1) is 7.97. The summed E-state index contributed by atoms with van der Waals surface area (Å²) in [7, 11) is 0. The van der Waals surface area contributed by atoms with E-state index < -0.39 is 28.6 Å². The number of nitro groups is 1. The third-order valence-corrected chi connectivity index (χ3v) is 2.59. The van der Waals surface area contributed by atoms with E-state index in [1.807, 2.05) is 0 Å². The summed E-state index contributed by atoms with van der Waals surface area (Å²) in [6.45, 7) is 0. The standard InChI is InChI=1S/C10H13NO5S/c12-8-2-1-6(5-7(8)11(15)16)10(14)9(13)3-4-17/h1-2,5,9-10,12-14,17H,3-4H2. The Labute approximate surface area is 103 Å². The molecule has 0 radical (unpaired) electrons. The number of aliphatic hydroxyl groups excluding tert-OH is 2. The second-order valence-corrected chi connectivity index (χ2v) is 3.98. The summed E-state index contributed by atoms with van der Waals surface area (Å²) in [6, 6.07) is 3.49. The first kappa shape index (κ1) is 13.8. The molecular formula is C10H13NO5S. The lowest BCUT2D eigenvalue weighted by molar-refractivity contribution is -0.386. The maximum Gasteiger partial charge on any atom is 0.311 e. The van der Waals surface area contributed by atoms with E-state index in [-0.39, 0.29) is 12.0 Å². The molecule has 1 aromatic rings. The molecule has 0 aromatic heterocycles. The van der Waals surface area contributed by atoms with Crippen LogP contribution in [0.2, 0.25) is 0 Å². The zero-order valence-electron chi connectivity index (χ0n) is 8.85. The van der Waals surface area contributed by atoms with Crippen LogP contribution < -0.4 is 0 Å². The van der Waals surface area contributed by atoms with Gasteiger partial charge in [-0.3, -0.25) is 10.1 Å². The van der Waals surface area contributed by atoms with Crippen molar-refractivity contribution in [3.05, 3.63) is 33.9 Å². The molecule has 0 fully saturated rings. The fourth-order valence-electron chi connectivity index (χ4n) is 1.38. The molecule has 0 bridgehead atoms. The molecule has 0 saturated heterocycles. The normalized spacial score (nSPS) is 14.3. The predicted molar refractivity (Wildman–Crippen MR) is 64.2 cm³/mol. The molecule has 7 heteroatoms. The third kappa shape index (κ3) is 3.32. The SMILES string of the molecule is O=[N+]([O-])c1cc(C(O)C(O)CCS)ccc1O. The molecule has 2 unspecified atom stereocenters. The Bertz CT molecular complexity index is 412. The molecule has 0 saturated carbocycles. The minimum atomic E-state index is -1.23. The monoisotopic (exact) mass is 259 g/mol. The Morgan fingerprint density at radius 2 is 2.06 bits per heavy atom. The van der Waals surface area contributed by atoms with E-state index in [4.69, 9.17) is 0 Å². The van der Waals surface area contributed by atoms with Gasteiger partial charge < -0.3 is 15.3 Å². The Morgan fingerprint density at radius 3 is 2.59 bits per heavy atom. The van der Waals surface area contributed by atoms with E-state index in [1.165, 1.54) is 6.07 Å². The number of aliphatic hydroxyl groups is 2. The summed E-state index contributed by atoms with van der Waals surface area (Å²) < 4.78 is 0. The van der Waals surface area contributed by atoms with E-state index in [0.29, 0.717) is 5.75 Å². The third-order valence-electron chi connectivity index (χ3n) is 2.33. The van der Waals surface area contributed by atoms with Gasteiger partial charge in [0.05, 0.1) is 11.0 Å². The van der Waals surface area contributed by atoms with Gasteiger partial charge in [-0.2, -0.15) is 12.6 Å². The molecule has 0 aliphatic heterocycles. The summed E-state index contributed by atoms with van der Waals surface area (Å²) >= 11 is 3.92. The smallest absolute Gasteiger partial charge is 0.311 e. The molecule has 0 heterocycles. The van der Waals surface area contributed by atoms with E-state index in [9.17, 15) is 25.4 Å². The van der Waals surface area contributed by atoms with Crippen LogP contribution in [0.5, 0.6) is 5.75 Å². The summed E-state index contributed by atoms with van der Waals surface area (Å²) in [5.74, 6) is -0.0899. The summed E-state index contributed by atoms with van der Waals surface area (Å²) in [5.41, 5.74) is -0.316. The van der Waals surface area contributed by atoms with E-state index >= 15 is 0 Å². The second-order valence-electron chi connectivity index (χ2n) is 3.53. The number of phenols is 1. The lowest BCUT2D eigenvalue weighted by Gasteiger charge is -2.17. The van der Waals surface area contributed by atoms with E-state index in [2.05, 4.69) is 12.6 Å². The molecule has 0 aliphatic carbocycles. The molecule has 0 aliphatic rings. The van der Waals surface area contributed by atoms with Crippen LogP contribution in [-0.2, 0) is 0 Å². The number of hydrogen-bond donors (Lipinski definition) is 4. The van der Waals surface area contributed by atoms with Crippen molar-refractivity contribution in [2.75, 3.05) is 5.75 Å². The summed E-state index contributed by atoms with van der Waals surface area (Å²) in [6.07, 6.45) is -2.02. The first-order valence-corrected chi connectivity index (χ1v) is 5.55. The van der Waals surface area contributed by atoms with Crippen LogP contribution in [0, 0.1) is 10.1 Å². The fraction of sp³-hybridized carbons (Fsp3) is 0.400. The van der Waals surface area contributed by atoms with Crippen LogP contribution in [0.15, 0.2) is 18.2 Å². The van der Waals surface area contributed by atoms with Crippen molar-refractivity contribution in [2.45, 2.75) is 18.6 Å². The predicted octanol–water partition coefficient (Wildman–Crippen LogP) is 1.01. The maximum absolute atomic E-state index is 10.6. The van der Waals surface area contributed by atoms with Crippen LogP contribution >= 0.6 is 12.6 Å². The molecule has 1 aromatic carbocycles. The highest BCUT2D eigenvalue weighted by atomic mass is 32.1. The highest BCUT2D eigenvalue weighted by Crippen LogP contribution is 2.30. The topological polar surface area (TPSA) is 104 Å². The van der Waals surface area contributed by atoms with Gasteiger partial charge in [-0.15, -0.1) is 0 Å². The van der Waals surface area contributed by atoms with Gasteiger partial charge in [0.1, 0.15) is 6.10 Å². The fourth-order valence-corrected chi connectivity index (χ4v) is 1.65. The van der Waals surface area contributed by atoms with Crippen LogP contribution in [0.3, 0.4) is 0 Å². The van der Waals surface area contributed by atoms with Crippen molar-refractivity contribution in [2.24, 2.45) is 0 Å². The maximum atomic E-state index is 10.6. The number of benzene rings is 1. The van der Waals surface area contributed by atoms with Crippen molar-refractivity contribution in [1.29, 1.82) is 0 Å². The molecule has 17 heavy (non-hydrogen) atoms. The van der Waals surface area contributed by atoms with E-state index in [1.54, 1.807) is 0 Å². The molecule has 0 amide bonds. The van der Waals surface area contributed by atoms with Crippen molar-refractivity contribution < 1.29 is 20.2 Å². The Kier molecular flexibility index (Phi) is 4.73. The Hall–Kier alpha value is -1.31. The van der Waals surface area contributed by atoms with Crippen LogP contribution in [0.1, 0.15) is 18.1 Å². The molecule has 94 valence electrons. The van der Waals surface area contributed by atoms with Gasteiger partial charge in [0, 0.05) is 6.07 Å². The quantitative estimate of drug-likeness (QED) is 0.359. The Balaban J connectivity index is 2.99. The average Bonchev–Trinajstić information content (AvgIpc) is 2.28.